The first kappa shape index (κ1) is 20.8. The van der Waals surface area contributed by atoms with Crippen LogP contribution < -0.4 is 0 Å². The predicted octanol–water partition coefficient (Wildman–Crippen LogP) is 3.84. The molecule has 3 nitrogen and oxygen atoms in total. The van der Waals surface area contributed by atoms with Crippen LogP contribution in [0.2, 0.25) is 0 Å². The Labute approximate surface area is 101 Å². The van der Waals surface area contributed by atoms with E-state index in [1.807, 2.05) is 6.92 Å². The third-order valence-electron chi connectivity index (χ3n) is 1.80. The molecule has 1 atom stereocenters. The van der Waals surface area contributed by atoms with Gasteiger partial charge < -0.3 is 10.2 Å². The number of aliphatic hydroxyl groups excluding tert-OH is 1. The lowest BCUT2D eigenvalue weighted by Gasteiger charge is -1.90. The maximum absolute atomic E-state index is 9.00. The topological polar surface area (TPSA) is 57.5 Å². The van der Waals surface area contributed by atoms with E-state index in [4.69, 9.17) is 15.0 Å². The van der Waals surface area contributed by atoms with Crippen LogP contribution in [-0.2, 0) is 4.79 Å². The minimum Gasteiger partial charge on any atom is -0.481 e. The van der Waals surface area contributed by atoms with Gasteiger partial charge in [-0.25, -0.2) is 0 Å². The van der Waals surface area contributed by atoms with Crippen molar-refractivity contribution in [3.63, 3.8) is 0 Å². The number of unbranched alkanes of at least 4 members (excludes halogenated alkanes) is 4. The van der Waals surface area contributed by atoms with Crippen LogP contribution in [0.1, 0.15) is 73.1 Å². The first-order valence-electron chi connectivity index (χ1n) is 6.29. The molecule has 0 aliphatic rings. The molecule has 0 amide bonds. The zero-order valence-electron chi connectivity index (χ0n) is 11.6. The minimum absolute atomic E-state index is 0.116. The molecule has 0 rings (SSSR count). The van der Waals surface area contributed by atoms with Gasteiger partial charge in [0.25, 0.3) is 5.97 Å². The van der Waals surface area contributed by atoms with Crippen LogP contribution in [0.25, 0.3) is 0 Å². The lowest BCUT2D eigenvalue weighted by molar-refractivity contribution is -0.134. The van der Waals surface area contributed by atoms with Gasteiger partial charge >= 0.3 is 0 Å². The number of rotatable bonds is 5. The van der Waals surface area contributed by atoms with E-state index in [9.17, 15) is 0 Å². The Balaban J connectivity index is -0.000000166. The highest BCUT2D eigenvalue weighted by molar-refractivity contribution is 5.62. The van der Waals surface area contributed by atoms with Crippen molar-refractivity contribution in [1.29, 1.82) is 0 Å². The summed E-state index contributed by atoms with van der Waals surface area (Å²) in [6.07, 6.45) is 7.75. The third kappa shape index (κ3) is 70.4. The van der Waals surface area contributed by atoms with Crippen molar-refractivity contribution < 1.29 is 15.0 Å². The number of carbonyl (C=O) groups is 1. The molecule has 1 unspecified atom stereocenters. The molecule has 0 saturated heterocycles. The summed E-state index contributed by atoms with van der Waals surface area (Å²) in [5, 5.41) is 15.8. The molecular formula is C13H30O3. The van der Waals surface area contributed by atoms with Crippen molar-refractivity contribution >= 4 is 5.97 Å². The zero-order chi connectivity index (χ0) is 13.4. The third-order valence-corrected chi connectivity index (χ3v) is 1.80. The molecule has 2 N–H and O–H groups in total. The van der Waals surface area contributed by atoms with Crippen molar-refractivity contribution in [2.45, 2.75) is 79.2 Å². The number of hydrogen-bond acceptors (Lipinski definition) is 2. The van der Waals surface area contributed by atoms with Gasteiger partial charge in [-0.3, -0.25) is 4.79 Å². The largest absolute Gasteiger partial charge is 0.481 e. The molecule has 0 aromatic carbocycles. The molecule has 0 radical (unpaired) electrons. The first-order valence-corrected chi connectivity index (χ1v) is 6.29. The average molecular weight is 234 g/mol. The smallest absolute Gasteiger partial charge is 0.300 e. The Morgan fingerprint density at radius 3 is 1.44 bits per heavy atom. The van der Waals surface area contributed by atoms with E-state index in [1.54, 1.807) is 6.92 Å². The summed E-state index contributed by atoms with van der Waals surface area (Å²) in [6, 6.07) is 0. The van der Waals surface area contributed by atoms with E-state index in [-0.39, 0.29) is 6.10 Å². The summed E-state index contributed by atoms with van der Waals surface area (Å²) in [6.45, 7) is 9.30. The molecule has 0 aromatic heterocycles. The van der Waals surface area contributed by atoms with Gasteiger partial charge in [0.15, 0.2) is 0 Å². The molecule has 3 heteroatoms. The maximum atomic E-state index is 9.00. The number of hydrogen-bond donors (Lipinski definition) is 2. The van der Waals surface area contributed by atoms with Crippen LogP contribution in [0.5, 0.6) is 0 Å². The highest BCUT2D eigenvalue weighted by Crippen LogP contribution is 2.00. The monoisotopic (exact) mass is 234 g/mol. The van der Waals surface area contributed by atoms with Crippen LogP contribution in [-0.4, -0.2) is 22.3 Å². The van der Waals surface area contributed by atoms with Gasteiger partial charge in [0, 0.05) is 6.92 Å². The Bertz CT molecular complexity index is 114. The van der Waals surface area contributed by atoms with Gasteiger partial charge in [0.2, 0.25) is 0 Å². The van der Waals surface area contributed by atoms with Gasteiger partial charge in [0.05, 0.1) is 6.10 Å². The molecule has 0 heterocycles. The normalized spacial score (nSPS) is 10.4. The Kier molecular flexibility index (Phi) is 25.9. The Hall–Kier alpha value is -0.570. The summed E-state index contributed by atoms with van der Waals surface area (Å²) >= 11 is 0. The summed E-state index contributed by atoms with van der Waals surface area (Å²) in [5.74, 6) is -0.833. The quantitative estimate of drug-likeness (QED) is 0.710. The van der Waals surface area contributed by atoms with Gasteiger partial charge in [-0.2, -0.15) is 0 Å². The first-order chi connectivity index (χ1) is 7.42. The summed E-state index contributed by atoms with van der Waals surface area (Å²) in [7, 11) is 0. The van der Waals surface area contributed by atoms with Crippen LogP contribution in [0, 0.1) is 0 Å². The van der Waals surface area contributed by atoms with Crippen molar-refractivity contribution in [3.8, 4) is 0 Å². The predicted molar refractivity (Wildman–Crippen MR) is 69.7 cm³/mol. The Morgan fingerprint density at radius 1 is 1.06 bits per heavy atom. The van der Waals surface area contributed by atoms with Crippen LogP contribution >= 0.6 is 0 Å². The van der Waals surface area contributed by atoms with Gasteiger partial charge in [-0.15, -0.1) is 0 Å². The SMILES string of the molecule is CC(=O)O.CCC(C)O.CCCCCCC. The van der Waals surface area contributed by atoms with Crippen molar-refractivity contribution in [2.24, 2.45) is 0 Å². The fourth-order valence-electron chi connectivity index (χ4n) is 0.677. The number of carboxylic acids is 1. The van der Waals surface area contributed by atoms with Crippen LogP contribution in [0.4, 0.5) is 0 Å². The molecule has 0 aromatic rings. The standard InChI is InChI=1S/C7H16.C4H10O.C2H4O2/c1-3-5-7-6-4-2;1-3-4(2)5;1-2(3)4/h3-7H2,1-2H3;4-5H,3H2,1-2H3;1H3,(H,3,4). The molecule has 0 bridgehead atoms. The van der Waals surface area contributed by atoms with Crippen molar-refractivity contribution in [1.82, 2.24) is 0 Å². The van der Waals surface area contributed by atoms with E-state index in [0.717, 1.165) is 13.3 Å². The van der Waals surface area contributed by atoms with E-state index < -0.39 is 5.97 Å². The number of aliphatic hydroxyl groups is 1. The van der Waals surface area contributed by atoms with Crippen LogP contribution in [0.3, 0.4) is 0 Å². The fraction of sp³-hybridized carbons (Fsp3) is 0.923. The second-order valence-electron chi connectivity index (χ2n) is 3.84. The van der Waals surface area contributed by atoms with E-state index in [0.29, 0.717) is 0 Å². The molecule has 0 aliphatic heterocycles. The van der Waals surface area contributed by atoms with Gasteiger partial charge in [-0.05, 0) is 13.3 Å². The van der Waals surface area contributed by atoms with Crippen molar-refractivity contribution in [2.75, 3.05) is 0 Å². The average Bonchev–Trinajstić information content (AvgIpc) is 2.19. The molecule has 16 heavy (non-hydrogen) atoms. The summed E-state index contributed by atoms with van der Waals surface area (Å²) in [4.78, 5) is 9.00. The Morgan fingerprint density at radius 2 is 1.31 bits per heavy atom. The molecule has 100 valence electrons. The highest BCUT2D eigenvalue weighted by atomic mass is 16.4. The molecular weight excluding hydrogens is 204 g/mol. The van der Waals surface area contributed by atoms with Gasteiger partial charge in [0.1, 0.15) is 0 Å². The second-order valence-corrected chi connectivity index (χ2v) is 3.84. The highest BCUT2D eigenvalue weighted by Gasteiger charge is 1.81. The second kappa shape index (κ2) is 19.9. The van der Waals surface area contributed by atoms with E-state index in [1.165, 1.54) is 32.1 Å². The lowest BCUT2D eigenvalue weighted by Crippen LogP contribution is -1.93. The zero-order valence-corrected chi connectivity index (χ0v) is 11.6. The van der Waals surface area contributed by atoms with E-state index >= 15 is 0 Å². The molecule has 0 saturated carbocycles. The summed E-state index contributed by atoms with van der Waals surface area (Å²) < 4.78 is 0. The number of carboxylic acid groups (broad SMARTS) is 1. The maximum Gasteiger partial charge on any atom is 0.300 e. The van der Waals surface area contributed by atoms with Crippen LogP contribution in [0.15, 0.2) is 0 Å². The van der Waals surface area contributed by atoms with E-state index in [2.05, 4.69) is 13.8 Å². The minimum atomic E-state index is -0.833. The number of aliphatic carboxylic acids is 1. The van der Waals surface area contributed by atoms with Crippen molar-refractivity contribution in [3.05, 3.63) is 0 Å². The fourth-order valence-corrected chi connectivity index (χ4v) is 0.677. The van der Waals surface area contributed by atoms with Gasteiger partial charge in [-0.1, -0.05) is 52.9 Å². The molecule has 0 fully saturated rings. The molecule has 0 spiro atoms. The lowest BCUT2D eigenvalue weighted by atomic mass is 10.2. The summed E-state index contributed by atoms with van der Waals surface area (Å²) in [5.41, 5.74) is 0. The molecule has 0 aliphatic carbocycles.